The highest BCUT2D eigenvalue weighted by Crippen LogP contribution is 2.29. The van der Waals surface area contributed by atoms with Gasteiger partial charge in [0, 0.05) is 22.1 Å². The molecule has 6 heteroatoms. The molecular formula is C20H19ClN2O3. The second kappa shape index (κ2) is 6.84. The van der Waals surface area contributed by atoms with E-state index < -0.39 is 5.97 Å². The summed E-state index contributed by atoms with van der Waals surface area (Å²) in [6.07, 6.45) is 1.76. The number of benzene rings is 1. The molecule has 0 spiro atoms. The van der Waals surface area contributed by atoms with Crippen molar-refractivity contribution in [2.45, 2.75) is 20.8 Å². The highest BCUT2D eigenvalue weighted by atomic mass is 35.5. The Morgan fingerprint density at radius 3 is 2.65 bits per heavy atom. The van der Waals surface area contributed by atoms with Crippen LogP contribution in [0, 0.1) is 13.8 Å². The standard InChI is InChI=1S/C20H19ClN2O3/c1-11-8-14(13(3)23(11)16-7-5-6-15(21)10-16)9-17-19(24)18(12(2)22-17)20(25)26-4/h5-10,24H,1-4H3/b17-9-. The summed E-state index contributed by atoms with van der Waals surface area (Å²) in [4.78, 5) is 16.1. The molecule has 0 saturated heterocycles. The van der Waals surface area contributed by atoms with Gasteiger partial charge in [-0.3, -0.25) is 0 Å². The summed E-state index contributed by atoms with van der Waals surface area (Å²) in [7, 11) is 1.27. The van der Waals surface area contributed by atoms with Gasteiger partial charge < -0.3 is 14.4 Å². The van der Waals surface area contributed by atoms with Gasteiger partial charge in [0.25, 0.3) is 0 Å². The summed E-state index contributed by atoms with van der Waals surface area (Å²) in [6, 6.07) is 9.60. The predicted molar refractivity (Wildman–Crippen MR) is 103 cm³/mol. The zero-order chi connectivity index (χ0) is 19.0. The number of carbonyl (C=O) groups is 1. The van der Waals surface area contributed by atoms with E-state index in [1.807, 2.05) is 44.2 Å². The van der Waals surface area contributed by atoms with Gasteiger partial charge in [0.2, 0.25) is 0 Å². The lowest BCUT2D eigenvalue weighted by Gasteiger charge is -2.10. The van der Waals surface area contributed by atoms with Crippen LogP contribution in [0.15, 0.2) is 52.4 Å². The minimum absolute atomic E-state index is 0.0994. The van der Waals surface area contributed by atoms with Crippen LogP contribution in [0.2, 0.25) is 5.02 Å². The molecule has 0 saturated carbocycles. The monoisotopic (exact) mass is 370 g/mol. The fraction of sp³-hybridized carbons (Fsp3) is 0.200. The van der Waals surface area contributed by atoms with E-state index in [4.69, 9.17) is 16.3 Å². The molecule has 1 aromatic heterocycles. The summed E-state index contributed by atoms with van der Waals surface area (Å²) >= 11 is 6.11. The van der Waals surface area contributed by atoms with Crippen molar-refractivity contribution in [3.63, 3.8) is 0 Å². The van der Waals surface area contributed by atoms with Gasteiger partial charge in [-0.05, 0) is 56.7 Å². The number of aromatic nitrogens is 1. The molecule has 1 N–H and O–H groups in total. The fourth-order valence-electron chi connectivity index (χ4n) is 3.13. The number of nitrogens with zero attached hydrogens (tertiary/aromatic N) is 2. The number of halogens is 1. The van der Waals surface area contributed by atoms with Crippen LogP contribution >= 0.6 is 11.6 Å². The Kier molecular flexibility index (Phi) is 4.74. The Labute approximate surface area is 156 Å². The van der Waals surface area contributed by atoms with Gasteiger partial charge in [0.1, 0.15) is 11.3 Å². The lowest BCUT2D eigenvalue weighted by atomic mass is 10.1. The van der Waals surface area contributed by atoms with Crippen molar-refractivity contribution in [2.24, 2.45) is 4.99 Å². The van der Waals surface area contributed by atoms with E-state index in [1.165, 1.54) is 7.11 Å². The molecular weight excluding hydrogens is 352 g/mol. The number of methoxy groups -OCH3 is 1. The molecule has 0 radical (unpaired) electrons. The van der Waals surface area contributed by atoms with Gasteiger partial charge >= 0.3 is 5.97 Å². The van der Waals surface area contributed by atoms with E-state index in [-0.39, 0.29) is 11.3 Å². The lowest BCUT2D eigenvalue weighted by Crippen LogP contribution is -2.11. The summed E-state index contributed by atoms with van der Waals surface area (Å²) in [5, 5.41) is 11.0. The van der Waals surface area contributed by atoms with Crippen LogP contribution in [0.3, 0.4) is 0 Å². The Morgan fingerprint density at radius 1 is 1.27 bits per heavy atom. The van der Waals surface area contributed by atoms with Crippen LogP contribution in [0.4, 0.5) is 0 Å². The molecule has 0 unspecified atom stereocenters. The van der Waals surface area contributed by atoms with Crippen LogP contribution in [-0.2, 0) is 9.53 Å². The molecule has 3 rings (SSSR count). The Morgan fingerprint density at radius 2 is 2.00 bits per heavy atom. The Hall–Kier alpha value is -2.79. The van der Waals surface area contributed by atoms with E-state index >= 15 is 0 Å². The van der Waals surface area contributed by atoms with Crippen LogP contribution in [-0.4, -0.2) is 28.5 Å². The lowest BCUT2D eigenvalue weighted by molar-refractivity contribution is -0.135. The quantitative estimate of drug-likeness (QED) is 0.806. The SMILES string of the molecule is COC(=O)C1=C(O)/C(=C/c2cc(C)n(-c3cccc(Cl)c3)c2C)N=C1C. The van der Waals surface area contributed by atoms with Gasteiger partial charge in [0.15, 0.2) is 5.76 Å². The molecule has 134 valence electrons. The predicted octanol–water partition coefficient (Wildman–Crippen LogP) is 4.55. The number of aliphatic imine (C=N–C) groups is 1. The van der Waals surface area contributed by atoms with Crippen molar-refractivity contribution in [2.75, 3.05) is 7.11 Å². The van der Waals surface area contributed by atoms with Crippen molar-refractivity contribution in [3.05, 3.63) is 69.3 Å². The van der Waals surface area contributed by atoms with Crippen LogP contribution in [0.25, 0.3) is 11.8 Å². The summed E-state index contributed by atoms with van der Waals surface area (Å²) in [6.45, 7) is 5.64. The van der Waals surface area contributed by atoms with Crippen molar-refractivity contribution in [3.8, 4) is 5.69 Å². The van der Waals surface area contributed by atoms with E-state index in [1.54, 1.807) is 13.0 Å². The first-order chi connectivity index (χ1) is 12.3. The number of aryl methyl sites for hydroxylation is 1. The third kappa shape index (κ3) is 3.06. The van der Waals surface area contributed by atoms with Crippen LogP contribution in [0.5, 0.6) is 0 Å². The third-order valence-electron chi connectivity index (χ3n) is 4.35. The molecule has 1 aliphatic heterocycles. The Bertz CT molecular complexity index is 996. The van der Waals surface area contributed by atoms with Gasteiger partial charge in [0.05, 0.1) is 12.8 Å². The Balaban J connectivity index is 2.08. The van der Waals surface area contributed by atoms with Crippen molar-refractivity contribution in [1.29, 1.82) is 0 Å². The molecule has 0 amide bonds. The van der Waals surface area contributed by atoms with E-state index in [9.17, 15) is 9.90 Å². The molecule has 26 heavy (non-hydrogen) atoms. The first-order valence-corrected chi connectivity index (χ1v) is 8.45. The number of hydrogen-bond donors (Lipinski definition) is 1. The number of ether oxygens (including phenoxy) is 1. The summed E-state index contributed by atoms with van der Waals surface area (Å²) in [5.74, 6) is -0.765. The maximum atomic E-state index is 11.8. The highest BCUT2D eigenvalue weighted by Gasteiger charge is 2.27. The number of carbonyl (C=O) groups excluding carboxylic acids is 1. The topological polar surface area (TPSA) is 63.8 Å². The van der Waals surface area contributed by atoms with Gasteiger partial charge in [-0.1, -0.05) is 17.7 Å². The summed E-state index contributed by atoms with van der Waals surface area (Å²) in [5.41, 5.74) is 4.72. The van der Waals surface area contributed by atoms with Crippen molar-refractivity contribution in [1.82, 2.24) is 4.57 Å². The minimum Gasteiger partial charge on any atom is -0.505 e. The molecule has 2 aromatic rings. The van der Waals surface area contributed by atoms with Crippen molar-refractivity contribution < 1.29 is 14.6 Å². The van der Waals surface area contributed by atoms with Gasteiger partial charge in [-0.15, -0.1) is 0 Å². The van der Waals surface area contributed by atoms with Gasteiger partial charge in [-0.2, -0.15) is 0 Å². The smallest absolute Gasteiger partial charge is 0.343 e. The maximum absolute atomic E-state index is 11.8. The van der Waals surface area contributed by atoms with E-state index in [2.05, 4.69) is 9.56 Å². The summed E-state index contributed by atoms with van der Waals surface area (Å²) < 4.78 is 6.78. The highest BCUT2D eigenvalue weighted by molar-refractivity contribution is 6.30. The number of esters is 1. The number of aliphatic hydroxyl groups is 1. The maximum Gasteiger partial charge on any atom is 0.343 e. The molecule has 1 aromatic carbocycles. The number of hydrogen-bond acceptors (Lipinski definition) is 4. The normalized spacial score (nSPS) is 15.6. The molecule has 2 heterocycles. The largest absolute Gasteiger partial charge is 0.505 e. The number of rotatable bonds is 3. The third-order valence-corrected chi connectivity index (χ3v) is 4.58. The molecule has 0 fully saturated rings. The van der Waals surface area contributed by atoms with E-state index in [0.29, 0.717) is 16.4 Å². The zero-order valence-electron chi connectivity index (χ0n) is 15.0. The molecule has 0 atom stereocenters. The van der Waals surface area contributed by atoms with E-state index in [0.717, 1.165) is 22.6 Å². The molecule has 5 nitrogen and oxygen atoms in total. The zero-order valence-corrected chi connectivity index (χ0v) is 15.8. The average Bonchev–Trinajstić information content (AvgIpc) is 3.03. The van der Waals surface area contributed by atoms with Crippen LogP contribution < -0.4 is 0 Å². The van der Waals surface area contributed by atoms with Gasteiger partial charge in [-0.25, -0.2) is 9.79 Å². The number of aliphatic hydroxyl groups excluding tert-OH is 1. The first-order valence-electron chi connectivity index (χ1n) is 8.07. The molecule has 0 aliphatic carbocycles. The molecule has 0 bridgehead atoms. The second-order valence-electron chi connectivity index (χ2n) is 6.08. The second-order valence-corrected chi connectivity index (χ2v) is 6.52. The van der Waals surface area contributed by atoms with Crippen molar-refractivity contribution >= 4 is 29.4 Å². The fourth-order valence-corrected chi connectivity index (χ4v) is 3.31. The molecule has 1 aliphatic rings. The van der Waals surface area contributed by atoms with Crippen LogP contribution in [0.1, 0.15) is 23.9 Å². The average molecular weight is 371 g/mol. The minimum atomic E-state index is -0.600. The first kappa shape index (κ1) is 18.0.